The van der Waals surface area contributed by atoms with Crippen molar-refractivity contribution in [1.29, 1.82) is 0 Å². The van der Waals surface area contributed by atoms with Crippen LogP contribution >= 0.6 is 0 Å². The molecule has 3 aromatic rings. The Hall–Kier alpha value is -3.81. The SMILES string of the molecule is COc1cc(C(=O)/C=C/c2c[nH]c3cccc([N+](=O)[O-])c23)cc(OC)c1OC. The quantitative estimate of drug-likeness (QED) is 0.287. The van der Waals surface area contributed by atoms with Crippen molar-refractivity contribution in [3.8, 4) is 17.2 Å². The van der Waals surface area contributed by atoms with Gasteiger partial charge in [0.15, 0.2) is 17.3 Å². The van der Waals surface area contributed by atoms with E-state index >= 15 is 0 Å². The number of hydrogen-bond donors (Lipinski definition) is 1. The van der Waals surface area contributed by atoms with E-state index in [1.54, 1.807) is 30.5 Å². The van der Waals surface area contributed by atoms with E-state index in [1.165, 1.54) is 39.5 Å². The first kappa shape index (κ1) is 19.0. The largest absolute Gasteiger partial charge is 0.493 e. The lowest BCUT2D eigenvalue weighted by molar-refractivity contribution is -0.383. The molecule has 0 aliphatic rings. The number of nitro benzene ring substituents is 1. The van der Waals surface area contributed by atoms with Crippen molar-refractivity contribution in [3.63, 3.8) is 0 Å². The van der Waals surface area contributed by atoms with Crippen LogP contribution < -0.4 is 14.2 Å². The lowest BCUT2D eigenvalue weighted by Gasteiger charge is -2.13. The maximum absolute atomic E-state index is 12.6. The van der Waals surface area contributed by atoms with E-state index in [9.17, 15) is 14.9 Å². The first-order valence-corrected chi connectivity index (χ1v) is 8.27. The lowest BCUT2D eigenvalue weighted by Crippen LogP contribution is -2.00. The van der Waals surface area contributed by atoms with E-state index in [0.29, 0.717) is 39.3 Å². The number of nitrogens with one attached hydrogen (secondary N) is 1. The van der Waals surface area contributed by atoms with Gasteiger partial charge in [-0.1, -0.05) is 6.07 Å². The van der Waals surface area contributed by atoms with Gasteiger partial charge in [-0.25, -0.2) is 0 Å². The molecule has 8 nitrogen and oxygen atoms in total. The number of allylic oxidation sites excluding steroid dienone is 1. The van der Waals surface area contributed by atoms with Gasteiger partial charge in [0.1, 0.15) is 0 Å². The molecule has 0 atom stereocenters. The smallest absolute Gasteiger partial charge is 0.279 e. The molecule has 0 spiro atoms. The summed E-state index contributed by atoms with van der Waals surface area (Å²) in [4.78, 5) is 26.5. The Bertz CT molecular complexity index is 1060. The summed E-state index contributed by atoms with van der Waals surface area (Å²) in [6, 6.07) is 7.86. The minimum Gasteiger partial charge on any atom is -0.493 e. The average Bonchev–Trinajstić information content (AvgIpc) is 3.13. The summed E-state index contributed by atoms with van der Waals surface area (Å²) in [5.74, 6) is 0.799. The second kappa shape index (κ2) is 7.83. The molecule has 0 saturated heterocycles. The number of benzene rings is 2. The van der Waals surface area contributed by atoms with E-state index in [2.05, 4.69) is 4.98 Å². The van der Waals surface area contributed by atoms with Gasteiger partial charge in [-0.3, -0.25) is 14.9 Å². The van der Waals surface area contributed by atoms with Crippen molar-refractivity contribution in [1.82, 2.24) is 4.98 Å². The molecule has 0 aliphatic heterocycles. The number of ketones is 1. The van der Waals surface area contributed by atoms with Crippen molar-refractivity contribution < 1.29 is 23.9 Å². The van der Waals surface area contributed by atoms with Crippen LogP contribution in [-0.4, -0.2) is 37.0 Å². The molecule has 0 aliphatic carbocycles. The molecule has 8 heteroatoms. The van der Waals surface area contributed by atoms with Crippen molar-refractivity contribution >= 4 is 28.4 Å². The number of nitro groups is 1. The van der Waals surface area contributed by atoms with Crippen LogP contribution in [-0.2, 0) is 0 Å². The minimum absolute atomic E-state index is 0.0290. The molecular weight excluding hydrogens is 364 g/mol. The number of carbonyl (C=O) groups is 1. The van der Waals surface area contributed by atoms with Gasteiger partial charge in [-0.15, -0.1) is 0 Å². The molecule has 1 aromatic heterocycles. The monoisotopic (exact) mass is 382 g/mol. The van der Waals surface area contributed by atoms with Crippen LogP contribution in [0, 0.1) is 10.1 Å². The van der Waals surface area contributed by atoms with E-state index in [1.807, 2.05) is 0 Å². The van der Waals surface area contributed by atoms with Gasteiger partial charge >= 0.3 is 0 Å². The summed E-state index contributed by atoms with van der Waals surface area (Å²) >= 11 is 0. The normalized spacial score (nSPS) is 11.0. The maximum atomic E-state index is 12.6. The van der Waals surface area contributed by atoms with Gasteiger partial charge in [-0.05, 0) is 30.4 Å². The summed E-state index contributed by atoms with van der Waals surface area (Å²) < 4.78 is 15.8. The van der Waals surface area contributed by atoms with E-state index in [-0.39, 0.29) is 11.5 Å². The van der Waals surface area contributed by atoms with E-state index < -0.39 is 4.92 Å². The highest BCUT2D eigenvalue weighted by molar-refractivity contribution is 6.09. The third-order valence-corrected chi connectivity index (χ3v) is 4.27. The Morgan fingerprint density at radius 2 is 1.79 bits per heavy atom. The average molecular weight is 382 g/mol. The van der Waals surface area contributed by atoms with Gasteiger partial charge in [0.2, 0.25) is 5.75 Å². The van der Waals surface area contributed by atoms with Crippen LogP contribution in [0.5, 0.6) is 17.2 Å². The molecule has 144 valence electrons. The molecule has 1 N–H and O–H groups in total. The zero-order valence-electron chi connectivity index (χ0n) is 15.5. The lowest BCUT2D eigenvalue weighted by atomic mass is 10.1. The van der Waals surface area contributed by atoms with Gasteiger partial charge in [0.25, 0.3) is 5.69 Å². The fourth-order valence-corrected chi connectivity index (χ4v) is 2.96. The third kappa shape index (κ3) is 3.39. The second-order valence-electron chi connectivity index (χ2n) is 5.81. The first-order valence-electron chi connectivity index (χ1n) is 8.27. The molecule has 1 heterocycles. The van der Waals surface area contributed by atoms with Gasteiger partial charge in [0.05, 0.1) is 37.2 Å². The highest BCUT2D eigenvalue weighted by Gasteiger charge is 2.17. The minimum atomic E-state index is -0.450. The molecule has 0 radical (unpaired) electrons. The highest BCUT2D eigenvalue weighted by atomic mass is 16.6. The number of H-pyrrole nitrogens is 1. The number of nitrogens with zero attached hydrogens (tertiary/aromatic N) is 1. The second-order valence-corrected chi connectivity index (χ2v) is 5.81. The van der Waals surface area contributed by atoms with Crippen LogP contribution in [0.1, 0.15) is 15.9 Å². The number of rotatable bonds is 7. The zero-order chi connectivity index (χ0) is 20.3. The number of aromatic amines is 1. The Balaban J connectivity index is 1.99. The molecular formula is C20H18N2O6. The topological polar surface area (TPSA) is 104 Å². The Morgan fingerprint density at radius 1 is 1.11 bits per heavy atom. The van der Waals surface area contributed by atoms with Crippen LogP contribution in [0.2, 0.25) is 0 Å². The molecule has 3 rings (SSSR count). The number of methoxy groups -OCH3 is 3. The third-order valence-electron chi connectivity index (χ3n) is 4.27. The van der Waals surface area contributed by atoms with E-state index in [0.717, 1.165) is 0 Å². The number of aromatic nitrogens is 1. The summed E-state index contributed by atoms with van der Waals surface area (Å²) in [6.07, 6.45) is 4.51. The highest BCUT2D eigenvalue weighted by Crippen LogP contribution is 2.38. The Morgan fingerprint density at radius 3 is 2.36 bits per heavy atom. The number of non-ortho nitro benzene ring substituents is 1. The maximum Gasteiger partial charge on any atom is 0.279 e. The molecule has 2 aromatic carbocycles. The summed E-state index contributed by atoms with van der Waals surface area (Å²) in [5.41, 5.74) is 1.47. The predicted octanol–water partition coefficient (Wildman–Crippen LogP) is 4.00. The summed E-state index contributed by atoms with van der Waals surface area (Å²) in [7, 11) is 4.41. The number of carbonyl (C=O) groups excluding carboxylic acids is 1. The van der Waals surface area contributed by atoms with Crippen LogP contribution in [0.4, 0.5) is 5.69 Å². The molecule has 0 saturated carbocycles. The van der Waals surface area contributed by atoms with Crippen molar-refractivity contribution in [2.45, 2.75) is 0 Å². The number of ether oxygens (including phenoxy) is 3. The van der Waals surface area contributed by atoms with Gasteiger partial charge in [0, 0.05) is 23.4 Å². The molecule has 28 heavy (non-hydrogen) atoms. The van der Waals surface area contributed by atoms with E-state index in [4.69, 9.17) is 14.2 Å². The molecule has 0 amide bonds. The molecule has 0 unspecified atom stereocenters. The standard InChI is InChI=1S/C20H18N2O6/c1-26-17-9-13(10-18(27-2)20(17)28-3)16(23)8-7-12-11-21-14-5-4-6-15(19(12)14)22(24)25/h4-11,21H,1-3H3/b8-7+. The number of fused-ring (bicyclic) bond motifs is 1. The predicted molar refractivity (Wildman–Crippen MR) is 104 cm³/mol. The number of hydrogen-bond acceptors (Lipinski definition) is 6. The summed E-state index contributed by atoms with van der Waals surface area (Å²) in [6.45, 7) is 0. The molecule has 0 fully saturated rings. The van der Waals surface area contributed by atoms with Crippen LogP contribution in [0.15, 0.2) is 42.6 Å². The van der Waals surface area contributed by atoms with Gasteiger partial charge in [-0.2, -0.15) is 0 Å². The Labute approximate surface area is 160 Å². The van der Waals surface area contributed by atoms with Crippen molar-refractivity contribution in [3.05, 3.63) is 63.8 Å². The fraction of sp³-hybridized carbons (Fsp3) is 0.150. The first-order chi connectivity index (χ1) is 13.5. The van der Waals surface area contributed by atoms with Crippen LogP contribution in [0.3, 0.4) is 0 Å². The van der Waals surface area contributed by atoms with Crippen molar-refractivity contribution in [2.75, 3.05) is 21.3 Å². The zero-order valence-corrected chi connectivity index (χ0v) is 15.5. The fourth-order valence-electron chi connectivity index (χ4n) is 2.96. The Kier molecular flexibility index (Phi) is 5.30. The van der Waals surface area contributed by atoms with Gasteiger partial charge < -0.3 is 19.2 Å². The summed E-state index contributed by atoms with van der Waals surface area (Å²) in [5, 5.41) is 11.7. The van der Waals surface area contributed by atoms with Crippen molar-refractivity contribution in [2.24, 2.45) is 0 Å². The van der Waals surface area contributed by atoms with Crippen LogP contribution in [0.25, 0.3) is 17.0 Å². The molecule has 0 bridgehead atoms.